The Labute approximate surface area is 164 Å². The minimum atomic E-state index is -4.86. The first kappa shape index (κ1) is 21.2. The Morgan fingerprint density at radius 3 is 2.48 bits per heavy atom. The summed E-state index contributed by atoms with van der Waals surface area (Å²) in [6.07, 6.45) is -3.44. The largest absolute Gasteiger partial charge is 0.435 e. The molecule has 0 unspecified atom stereocenters. The van der Waals surface area contributed by atoms with Crippen molar-refractivity contribution in [3.63, 3.8) is 0 Å². The minimum Gasteiger partial charge on any atom is -0.379 e. The number of nitrogens with one attached hydrogen (secondary N) is 1. The Hall–Kier alpha value is -2.53. The van der Waals surface area contributed by atoms with E-state index in [2.05, 4.69) is 20.5 Å². The first-order valence-electron chi connectivity index (χ1n) is 9.23. The molecule has 0 bridgehead atoms. The van der Waals surface area contributed by atoms with E-state index in [1.54, 1.807) is 0 Å². The van der Waals surface area contributed by atoms with Crippen LogP contribution in [0, 0.1) is 5.82 Å². The van der Waals surface area contributed by atoms with Crippen molar-refractivity contribution in [2.24, 2.45) is 0 Å². The quantitative estimate of drug-likeness (QED) is 0.555. The monoisotopic (exact) mass is 415 g/mol. The number of nitrogens with zero attached hydrogens (tertiary/aromatic N) is 4. The second-order valence-electron chi connectivity index (χ2n) is 6.59. The molecule has 0 atom stereocenters. The third-order valence-electron chi connectivity index (χ3n) is 4.52. The predicted molar refractivity (Wildman–Crippen MR) is 95.1 cm³/mol. The van der Waals surface area contributed by atoms with Gasteiger partial charge in [0.05, 0.1) is 18.9 Å². The molecule has 1 N–H and O–H groups in total. The Morgan fingerprint density at radius 2 is 1.83 bits per heavy atom. The summed E-state index contributed by atoms with van der Waals surface area (Å²) in [4.78, 5) is 14.5. The summed E-state index contributed by atoms with van der Waals surface area (Å²) >= 11 is 0. The molecule has 0 radical (unpaired) electrons. The highest BCUT2D eigenvalue weighted by atomic mass is 19.4. The zero-order valence-electron chi connectivity index (χ0n) is 15.6. The van der Waals surface area contributed by atoms with E-state index < -0.39 is 29.3 Å². The van der Waals surface area contributed by atoms with Crippen molar-refractivity contribution >= 4 is 5.91 Å². The number of carbonyl (C=O) groups is 1. The standard InChI is InChI=1S/C18H21F4N5O2/c19-13-3-5-14(6-4-13)27-16(18(20,21)22)15(24-25-27)17(28)23-7-1-2-8-26-9-11-29-12-10-26/h3-6H,1-2,7-12H2,(H,23,28). The maximum atomic E-state index is 13.5. The number of carbonyl (C=O) groups excluding carboxylic acids is 1. The van der Waals surface area contributed by atoms with Gasteiger partial charge in [0.15, 0.2) is 11.4 Å². The highest BCUT2D eigenvalue weighted by molar-refractivity contribution is 5.93. The van der Waals surface area contributed by atoms with E-state index in [4.69, 9.17) is 4.74 Å². The van der Waals surface area contributed by atoms with E-state index in [0.717, 1.165) is 50.3 Å². The van der Waals surface area contributed by atoms with Crippen LogP contribution < -0.4 is 5.32 Å². The molecule has 1 fully saturated rings. The summed E-state index contributed by atoms with van der Waals surface area (Å²) < 4.78 is 59.4. The molecule has 11 heteroatoms. The van der Waals surface area contributed by atoms with E-state index in [1.165, 1.54) is 0 Å². The van der Waals surface area contributed by atoms with Crippen molar-refractivity contribution in [3.05, 3.63) is 41.5 Å². The molecule has 0 spiro atoms. The number of rotatable bonds is 7. The third-order valence-corrected chi connectivity index (χ3v) is 4.52. The van der Waals surface area contributed by atoms with E-state index in [0.29, 0.717) is 24.3 Å². The normalized spacial score (nSPS) is 15.4. The highest BCUT2D eigenvalue weighted by Gasteiger charge is 2.41. The van der Waals surface area contributed by atoms with Gasteiger partial charge in [0, 0.05) is 19.6 Å². The fourth-order valence-electron chi connectivity index (χ4n) is 3.02. The molecule has 1 aromatic heterocycles. The smallest absolute Gasteiger partial charge is 0.379 e. The summed E-state index contributed by atoms with van der Waals surface area (Å²) in [5.74, 6) is -1.55. The first-order valence-corrected chi connectivity index (χ1v) is 9.23. The van der Waals surface area contributed by atoms with Gasteiger partial charge in [-0.3, -0.25) is 9.69 Å². The third kappa shape index (κ3) is 5.51. The van der Waals surface area contributed by atoms with Gasteiger partial charge >= 0.3 is 6.18 Å². The predicted octanol–water partition coefficient (Wildman–Crippen LogP) is 2.27. The molecule has 1 aliphatic rings. The lowest BCUT2D eigenvalue weighted by molar-refractivity contribution is -0.143. The molecule has 29 heavy (non-hydrogen) atoms. The molecule has 1 aliphatic heterocycles. The lowest BCUT2D eigenvalue weighted by Crippen LogP contribution is -2.37. The highest BCUT2D eigenvalue weighted by Crippen LogP contribution is 2.32. The minimum absolute atomic E-state index is 0.0456. The van der Waals surface area contributed by atoms with Gasteiger partial charge in [-0.25, -0.2) is 9.07 Å². The van der Waals surface area contributed by atoms with Gasteiger partial charge in [-0.05, 0) is 43.7 Å². The van der Waals surface area contributed by atoms with Crippen LogP contribution in [0.1, 0.15) is 29.0 Å². The van der Waals surface area contributed by atoms with Gasteiger partial charge < -0.3 is 10.1 Å². The fourth-order valence-corrected chi connectivity index (χ4v) is 3.02. The molecule has 0 aliphatic carbocycles. The molecular formula is C18H21F4N5O2. The molecule has 2 heterocycles. The maximum absolute atomic E-state index is 13.5. The number of unbranched alkanes of at least 4 members (excludes halogenated alkanes) is 1. The summed E-state index contributed by atoms with van der Waals surface area (Å²) in [7, 11) is 0. The molecule has 3 rings (SSSR count). The number of benzene rings is 1. The van der Waals surface area contributed by atoms with Gasteiger partial charge in [-0.1, -0.05) is 5.21 Å². The van der Waals surface area contributed by atoms with Gasteiger partial charge in [0.1, 0.15) is 5.82 Å². The summed E-state index contributed by atoms with van der Waals surface area (Å²) in [6.45, 7) is 4.17. The van der Waals surface area contributed by atoms with Crippen molar-refractivity contribution in [1.29, 1.82) is 0 Å². The molecular weight excluding hydrogens is 394 g/mol. The summed E-state index contributed by atoms with van der Waals surface area (Å²) in [5, 5.41) is 9.34. The van der Waals surface area contributed by atoms with E-state index in [9.17, 15) is 22.4 Å². The van der Waals surface area contributed by atoms with Crippen LogP contribution in [0.2, 0.25) is 0 Å². The average Bonchev–Trinajstić information content (AvgIpc) is 3.15. The molecule has 1 aromatic carbocycles. The van der Waals surface area contributed by atoms with Gasteiger partial charge in [0.25, 0.3) is 5.91 Å². The average molecular weight is 415 g/mol. The van der Waals surface area contributed by atoms with E-state index >= 15 is 0 Å². The molecule has 2 aromatic rings. The zero-order valence-corrected chi connectivity index (χ0v) is 15.6. The van der Waals surface area contributed by atoms with Crippen molar-refractivity contribution in [3.8, 4) is 5.69 Å². The second-order valence-corrected chi connectivity index (χ2v) is 6.59. The van der Waals surface area contributed by atoms with Crippen LogP contribution in [0.25, 0.3) is 5.69 Å². The van der Waals surface area contributed by atoms with Crippen LogP contribution in [0.5, 0.6) is 0 Å². The number of amides is 1. The number of aromatic nitrogens is 3. The zero-order chi connectivity index (χ0) is 20.9. The maximum Gasteiger partial charge on any atom is 0.435 e. The van der Waals surface area contributed by atoms with Crippen molar-refractivity contribution in [2.45, 2.75) is 19.0 Å². The fraction of sp³-hybridized carbons (Fsp3) is 0.500. The number of alkyl halides is 3. The van der Waals surface area contributed by atoms with Crippen molar-refractivity contribution in [2.75, 3.05) is 39.4 Å². The van der Waals surface area contributed by atoms with Crippen LogP contribution in [0.4, 0.5) is 17.6 Å². The number of hydrogen-bond acceptors (Lipinski definition) is 5. The number of halogens is 4. The lowest BCUT2D eigenvalue weighted by atomic mass is 10.2. The Kier molecular flexibility index (Phi) is 6.80. The summed E-state index contributed by atoms with van der Waals surface area (Å²) in [5.41, 5.74) is -2.15. The van der Waals surface area contributed by atoms with E-state index in [1.807, 2.05) is 0 Å². The number of hydrogen-bond donors (Lipinski definition) is 1. The van der Waals surface area contributed by atoms with Gasteiger partial charge in [-0.2, -0.15) is 13.2 Å². The van der Waals surface area contributed by atoms with Gasteiger partial charge in [0.2, 0.25) is 0 Å². The Morgan fingerprint density at radius 1 is 1.14 bits per heavy atom. The van der Waals surface area contributed by atoms with E-state index in [-0.39, 0.29) is 12.2 Å². The van der Waals surface area contributed by atoms with Crippen molar-refractivity contribution in [1.82, 2.24) is 25.2 Å². The van der Waals surface area contributed by atoms with Crippen molar-refractivity contribution < 1.29 is 27.1 Å². The molecule has 1 amide bonds. The van der Waals surface area contributed by atoms with Crippen LogP contribution >= 0.6 is 0 Å². The molecule has 1 saturated heterocycles. The van der Waals surface area contributed by atoms with Crippen LogP contribution in [0.3, 0.4) is 0 Å². The second kappa shape index (κ2) is 9.31. The molecule has 0 saturated carbocycles. The topological polar surface area (TPSA) is 72.3 Å². The van der Waals surface area contributed by atoms with Crippen LogP contribution in [-0.4, -0.2) is 65.2 Å². The number of morpholine rings is 1. The Balaban J connectivity index is 1.61. The molecule has 158 valence electrons. The van der Waals surface area contributed by atoms with Gasteiger partial charge in [-0.15, -0.1) is 5.10 Å². The number of ether oxygens (including phenoxy) is 1. The Bertz CT molecular complexity index is 817. The summed E-state index contributed by atoms with van der Waals surface area (Å²) in [6, 6.07) is 4.27. The lowest BCUT2D eigenvalue weighted by Gasteiger charge is -2.26. The van der Waals surface area contributed by atoms with Crippen LogP contribution in [0.15, 0.2) is 24.3 Å². The first-order chi connectivity index (χ1) is 13.9. The molecule has 7 nitrogen and oxygen atoms in total. The van der Waals surface area contributed by atoms with Crippen LogP contribution in [-0.2, 0) is 10.9 Å². The SMILES string of the molecule is O=C(NCCCCN1CCOCC1)c1nnn(-c2ccc(F)cc2)c1C(F)(F)F.